The van der Waals surface area contributed by atoms with Gasteiger partial charge in [0, 0.05) is 12.5 Å². The number of carboxylic acids is 1. The Labute approximate surface area is 126 Å². The van der Waals surface area contributed by atoms with Gasteiger partial charge in [0.1, 0.15) is 17.3 Å². The predicted molar refractivity (Wildman–Crippen MR) is 79.2 cm³/mol. The number of benzene rings is 2. The summed E-state index contributed by atoms with van der Waals surface area (Å²) >= 11 is 0. The summed E-state index contributed by atoms with van der Waals surface area (Å²) in [6.45, 7) is 0. The second-order valence-electron chi connectivity index (χ2n) is 4.72. The molecule has 110 valence electrons. The Kier molecular flexibility index (Phi) is 3.87. The fourth-order valence-electron chi connectivity index (χ4n) is 2.04. The van der Waals surface area contributed by atoms with E-state index < -0.39 is 5.97 Å². The molecule has 0 atom stereocenters. The van der Waals surface area contributed by atoms with E-state index in [1.807, 2.05) is 54.6 Å². The molecule has 0 radical (unpaired) electrons. The molecule has 1 aromatic heterocycles. The average molecular weight is 295 g/mol. The van der Waals surface area contributed by atoms with Gasteiger partial charge in [0.25, 0.3) is 0 Å². The van der Waals surface area contributed by atoms with E-state index >= 15 is 0 Å². The summed E-state index contributed by atoms with van der Waals surface area (Å²) in [5.41, 5.74) is 0.855. The van der Waals surface area contributed by atoms with Crippen LogP contribution in [0.4, 0.5) is 0 Å². The molecule has 22 heavy (non-hydrogen) atoms. The van der Waals surface area contributed by atoms with Crippen LogP contribution >= 0.6 is 0 Å². The molecule has 0 aliphatic carbocycles. The molecule has 3 aromatic rings. The van der Waals surface area contributed by atoms with Gasteiger partial charge in [0.05, 0.1) is 0 Å². The van der Waals surface area contributed by atoms with Crippen molar-refractivity contribution in [3.8, 4) is 11.5 Å². The van der Waals surface area contributed by atoms with Crippen LogP contribution in [0, 0.1) is 0 Å². The molecule has 1 heterocycles. The van der Waals surface area contributed by atoms with Crippen molar-refractivity contribution in [2.45, 2.75) is 6.42 Å². The van der Waals surface area contributed by atoms with Crippen LogP contribution in [-0.2, 0) is 6.42 Å². The Bertz CT molecular complexity index is 780. The highest BCUT2D eigenvalue weighted by Gasteiger charge is 2.11. The summed E-state index contributed by atoms with van der Waals surface area (Å²) in [6.07, 6.45) is 0.451. The quantitative estimate of drug-likeness (QED) is 0.776. The number of carboxylic acid groups (broad SMARTS) is 1. The molecule has 5 nitrogen and oxygen atoms in total. The van der Waals surface area contributed by atoms with Gasteiger partial charge in [-0.05, 0) is 29.8 Å². The number of aromatic nitrogens is 1. The topological polar surface area (TPSA) is 72.6 Å². The van der Waals surface area contributed by atoms with E-state index in [1.165, 1.54) is 6.07 Å². The van der Waals surface area contributed by atoms with E-state index in [0.29, 0.717) is 17.9 Å². The molecule has 0 spiro atoms. The third-order valence-electron chi connectivity index (χ3n) is 3.03. The molecule has 0 saturated carbocycles. The molecule has 0 amide bonds. The minimum atomic E-state index is -1.10. The lowest BCUT2D eigenvalue weighted by Gasteiger charge is -2.06. The van der Waals surface area contributed by atoms with Gasteiger partial charge in [0.2, 0.25) is 0 Å². The SMILES string of the molecule is O=C(O)c1cc(Cc2cccc(Oc3ccccc3)c2)on1. The number of ether oxygens (including phenoxy) is 1. The van der Waals surface area contributed by atoms with E-state index in [4.69, 9.17) is 14.4 Å². The van der Waals surface area contributed by atoms with Crippen LogP contribution in [0.5, 0.6) is 11.5 Å². The molecule has 0 unspecified atom stereocenters. The molecule has 1 N–H and O–H groups in total. The number of aromatic carboxylic acids is 1. The summed E-state index contributed by atoms with van der Waals surface area (Å²) in [5.74, 6) is 0.861. The van der Waals surface area contributed by atoms with Crippen molar-refractivity contribution in [2.75, 3.05) is 0 Å². The number of para-hydroxylation sites is 1. The van der Waals surface area contributed by atoms with Crippen molar-refractivity contribution in [2.24, 2.45) is 0 Å². The summed E-state index contributed by atoms with van der Waals surface area (Å²) in [5, 5.41) is 12.3. The van der Waals surface area contributed by atoms with Gasteiger partial charge >= 0.3 is 5.97 Å². The third-order valence-corrected chi connectivity index (χ3v) is 3.03. The Morgan fingerprint density at radius 3 is 2.55 bits per heavy atom. The van der Waals surface area contributed by atoms with Crippen LogP contribution in [0.15, 0.2) is 65.2 Å². The van der Waals surface area contributed by atoms with Gasteiger partial charge in [-0.2, -0.15) is 0 Å². The van der Waals surface area contributed by atoms with Crippen molar-refractivity contribution in [1.29, 1.82) is 0 Å². The van der Waals surface area contributed by atoms with Gasteiger partial charge in [-0.3, -0.25) is 0 Å². The Morgan fingerprint density at radius 2 is 1.82 bits per heavy atom. The van der Waals surface area contributed by atoms with E-state index in [1.54, 1.807) is 0 Å². The fraction of sp³-hybridized carbons (Fsp3) is 0.0588. The first-order valence-electron chi connectivity index (χ1n) is 6.71. The van der Waals surface area contributed by atoms with Crippen LogP contribution in [0.3, 0.4) is 0 Å². The van der Waals surface area contributed by atoms with Gasteiger partial charge in [-0.1, -0.05) is 35.5 Å². The Balaban J connectivity index is 1.74. The largest absolute Gasteiger partial charge is 0.476 e. The smallest absolute Gasteiger partial charge is 0.358 e. The molecule has 3 rings (SSSR count). The molecule has 0 bridgehead atoms. The van der Waals surface area contributed by atoms with Gasteiger partial charge < -0.3 is 14.4 Å². The van der Waals surface area contributed by atoms with Crippen LogP contribution in [0.1, 0.15) is 21.8 Å². The minimum absolute atomic E-state index is 0.0910. The molecule has 0 fully saturated rings. The van der Waals surface area contributed by atoms with Crippen LogP contribution < -0.4 is 4.74 Å². The van der Waals surface area contributed by atoms with E-state index in [0.717, 1.165) is 11.3 Å². The van der Waals surface area contributed by atoms with Crippen molar-refractivity contribution < 1.29 is 19.2 Å². The minimum Gasteiger partial charge on any atom is -0.476 e. The first-order valence-corrected chi connectivity index (χ1v) is 6.71. The first kappa shape index (κ1) is 13.9. The lowest BCUT2D eigenvalue weighted by molar-refractivity contribution is 0.0685. The summed E-state index contributed by atoms with van der Waals surface area (Å²) in [4.78, 5) is 10.8. The Morgan fingerprint density at radius 1 is 1.05 bits per heavy atom. The monoisotopic (exact) mass is 295 g/mol. The second kappa shape index (κ2) is 6.13. The van der Waals surface area contributed by atoms with Crippen LogP contribution in [-0.4, -0.2) is 16.2 Å². The number of carbonyl (C=O) groups is 1. The lowest BCUT2D eigenvalue weighted by atomic mass is 10.1. The van der Waals surface area contributed by atoms with Crippen LogP contribution in [0.25, 0.3) is 0 Å². The summed E-state index contributed by atoms with van der Waals surface area (Å²) in [7, 11) is 0. The molecule has 2 aromatic carbocycles. The zero-order chi connectivity index (χ0) is 15.4. The number of hydrogen-bond donors (Lipinski definition) is 1. The molecule has 0 aliphatic heterocycles. The zero-order valence-electron chi connectivity index (χ0n) is 11.6. The van der Waals surface area contributed by atoms with Crippen molar-refractivity contribution in [1.82, 2.24) is 5.16 Å². The predicted octanol–water partition coefficient (Wildman–Crippen LogP) is 3.76. The van der Waals surface area contributed by atoms with E-state index in [-0.39, 0.29) is 5.69 Å². The zero-order valence-corrected chi connectivity index (χ0v) is 11.6. The van der Waals surface area contributed by atoms with E-state index in [9.17, 15) is 4.79 Å². The molecule has 0 saturated heterocycles. The molecular formula is C17H13NO4. The summed E-state index contributed by atoms with van der Waals surface area (Å²) < 4.78 is 10.8. The van der Waals surface area contributed by atoms with Gasteiger partial charge in [-0.25, -0.2) is 4.79 Å². The highest BCUT2D eigenvalue weighted by Crippen LogP contribution is 2.23. The first-order chi connectivity index (χ1) is 10.7. The average Bonchev–Trinajstić information content (AvgIpc) is 2.97. The molecular weight excluding hydrogens is 282 g/mol. The number of nitrogens with zero attached hydrogens (tertiary/aromatic N) is 1. The maximum Gasteiger partial charge on any atom is 0.358 e. The number of hydrogen-bond acceptors (Lipinski definition) is 4. The van der Waals surface area contributed by atoms with Gasteiger partial charge in [-0.15, -0.1) is 0 Å². The van der Waals surface area contributed by atoms with Crippen LogP contribution in [0.2, 0.25) is 0 Å². The van der Waals surface area contributed by atoms with Gasteiger partial charge in [0.15, 0.2) is 5.69 Å². The highest BCUT2D eigenvalue weighted by molar-refractivity contribution is 5.85. The lowest BCUT2D eigenvalue weighted by Crippen LogP contribution is -1.94. The normalized spacial score (nSPS) is 10.4. The highest BCUT2D eigenvalue weighted by atomic mass is 16.5. The Hall–Kier alpha value is -3.08. The maximum absolute atomic E-state index is 10.8. The number of rotatable bonds is 5. The second-order valence-corrected chi connectivity index (χ2v) is 4.72. The third kappa shape index (κ3) is 3.32. The maximum atomic E-state index is 10.8. The van der Waals surface area contributed by atoms with Crippen molar-refractivity contribution in [3.05, 3.63) is 77.7 Å². The summed E-state index contributed by atoms with van der Waals surface area (Å²) in [6, 6.07) is 18.4. The van der Waals surface area contributed by atoms with Crippen molar-refractivity contribution in [3.63, 3.8) is 0 Å². The van der Waals surface area contributed by atoms with E-state index in [2.05, 4.69) is 5.16 Å². The standard InChI is InChI=1S/C17H13NO4/c19-17(20)16-11-15(22-18-16)10-12-5-4-8-14(9-12)21-13-6-2-1-3-7-13/h1-9,11H,10H2,(H,19,20). The molecule has 5 heteroatoms. The fourth-order valence-corrected chi connectivity index (χ4v) is 2.04. The molecule has 0 aliphatic rings. The van der Waals surface area contributed by atoms with Crippen molar-refractivity contribution >= 4 is 5.97 Å².